The Hall–Kier alpha value is -1.62. The standard InChI is InChI=1S/C16H26N4O/c1-4-13-8-12(9-15(18-13)20-17)16(21)19-14-6-10(2)5-11(3)7-14/h8-11,14H,4-7,17H2,1-3H3,(H,18,20)(H,19,21). The normalized spacial score (nSPS) is 25.4. The van der Waals surface area contributed by atoms with Gasteiger partial charge in [-0.1, -0.05) is 20.8 Å². The molecule has 2 atom stereocenters. The number of amides is 1. The number of rotatable bonds is 4. The van der Waals surface area contributed by atoms with Gasteiger partial charge in [0.1, 0.15) is 5.82 Å². The number of hydrazine groups is 1. The molecule has 2 rings (SSSR count). The van der Waals surface area contributed by atoms with Crippen LogP contribution in [-0.2, 0) is 6.42 Å². The van der Waals surface area contributed by atoms with E-state index in [-0.39, 0.29) is 11.9 Å². The van der Waals surface area contributed by atoms with Crippen molar-refractivity contribution in [1.82, 2.24) is 10.3 Å². The van der Waals surface area contributed by atoms with E-state index < -0.39 is 0 Å². The molecule has 4 N–H and O–H groups in total. The lowest BCUT2D eigenvalue weighted by molar-refractivity contribution is 0.0911. The monoisotopic (exact) mass is 290 g/mol. The van der Waals surface area contributed by atoms with Crippen LogP contribution in [0.5, 0.6) is 0 Å². The van der Waals surface area contributed by atoms with Gasteiger partial charge in [0.25, 0.3) is 5.91 Å². The number of anilines is 1. The highest BCUT2D eigenvalue weighted by Gasteiger charge is 2.25. The summed E-state index contributed by atoms with van der Waals surface area (Å²) in [6, 6.07) is 3.81. The predicted octanol–water partition coefficient (Wildman–Crippen LogP) is 2.48. The number of carbonyl (C=O) groups is 1. The van der Waals surface area contributed by atoms with Crippen molar-refractivity contribution in [1.29, 1.82) is 0 Å². The Labute approximate surface area is 126 Å². The molecule has 0 aliphatic heterocycles. The van der Waals surface area contributed by atoms with E-state index in [1.54, 1.807) is 6.07 Å². The number of nitrogen functional groups attached to an aromatic ring is 1. The molecule has 5 nitrogen and oxygen atoms in total. The van der Waals surface area contributed by atoms with E-state index in [1.807, 2.05) is 13.0 Å². The van der Waals surface area contributed by atoms with E-state index in [0.717, 1.165) is 25.0 Å². The molecule has 1 aromatic heterocycles. The number of nitrogens with one attached hydrogen (secondary N) is 2. The summed E-state index contributed by atoms with van der Waals surface area (Å²) in [6.45, 7) is 6.52. The summed E-state index contributed by atoms with van der Waals surface area (Å²) in [5.41, 5.74) is 4.01. The van der Waals surface area contributed by atoms with Gasteiger partial charge >= 0.3 is 0 Å². The Bertz CT molecular complexity index is 471. The maximum atomic E-state index is 12.5. The lowest BCUT2D eigenvalue weighted by Gasteiger charge is -2.32. The van der Waals surface area contributed by atoms with E-state index in [1.165, 1.54) is 6.42 Å². The van der Waals surface area contributed by atoms with E-state index in [0.29, 0.717) is 23.2 Å². The smallest absolute Gasteiger partial charge is 0.251 e. The Morgan fingerprint density at radius 1 is 1.29 bits per heavy atom. The summed E-state index contributed by atoms with van der Waals surface area (Å²) in [6.07, 6.45) is 4.14. The molecule has 5 heteroatoms. The zero-order chi connectivity index (χ0) is 15.4. The maximum Gasteiger partial charge on any atom is 0.251 e. The molecule has 1 aliphatic carbocycles. The number of pyridine rings is 1. The first kappa shape index (κ1) is 15.8. The highest BCUT2D eigenvalue weighted by Crippen LogP contribution is 2.28. The van der Waals surface area contributed by atoms with Crippen molar-refractivity contribution in [3.63, 3.8) is 0 Å². The molecule has 0 radical (unpaired) electrons. The summed E-state index contributed by atoms with van der Waals surface area (Å²) >= 11 is 0. The van der Waals surface area contributed by atoms with E-state index >= 15 is 0 Å². The molecule has 0 saturated heterocycles. The minimum Gasteiger partial charge on any atom is -0.349 e. The largest absolute Gasteiger partial charge is 0.349 e. The first-order valence-corrected chi connectivity index (χ1v) is 7.80. The van der Waals surface area contributed by atoms with Crippen molar-refractivity contribution in [2.75, 3.05) is 5.43 Å². The van der Waals surface area contributed by atoms with E-state index in [2.05, 4.69) is 29.6 Å². The quantitative estimate of drug-likeness (QED) is 0.588. The number of hydrogen-bond acceptors (Lipinski definition) is 4. The van der Waals surface area contributed by atoms with Gasteiger partial charge in [-0.2, -0.15) is 0 Å². The first-order chi connectivity index (χ1) is 10.0. The number of nitrogens with two attached hydrogens (primary N) is 1. The van der Waals surface area contributed by atoms with Crippen LogP contribution in [0.15, 0.2) is 12.1 Å². The Kier molecular flexibility index (Phi) is 5.17. The Balaban J connectivity index is 2.09. The minimum absolute atomic E-state index is 0.0325. The van der Waals surface area contributed by atoms with Crippen LogP contribution in [0.4, 0.5) is 5.82 Å². The number of aryl methyl sites for hydroxylation is 1. The molecule has 0 aromatic carbocycles. The zero-order valence-electron chi connectivity index (χ0n) is 13.1. The molecule has 116 valence electrons. The van der Waals surface area contributed by atoms with Crippen LogP contribution in [-0.4, -0.2) is 16.9 Å². The van der Waals surface area contributed by atoms with E-state index in [4.69, 9.17) is 5.84 Å². The second-order valence-electron chi connectivity index (χ2n) is 6.32. The predicted molar refractivity (Wildman–Crippen MR) is 84.9 cm³/mol. The summed E-state index contributed by atoms with van der Waals surface area (Å²) in [5.74, 6) is 7.26. The summed E-state index contributed by atoms with van der Waals surface area (Å²) in [7, 11) is 0. The number of carbonyl (C=O) groups excluding carboxylic acids is 1. The average molecular weight is 290 g/mol. The number of hydrogen-bond donors (Lipinski definition) is 3. The van der Waals surface area contributed by atoms with Crippen LogP contribution in [0, 0.1) is 11.8 Å². The molecule has 1 amide bonds. The average Bonchev–Trinajstić information content (AvgIpc) is 2.45. The topological polar surface area (TPSA) is 80.0 Å². The maximum absolute atomic E-state index is 12.5. The highest BCUT2D eigenvalue weighted by molar-refractivity contribution is 5.95. The molecule has 1 saturated carbocycles. The summed E-state index contributed by atoms with van der Waals surface area (Å²) < 4.78 is 0. The summed E-state index contributed by atoms with van der Waals surface area (Å²) in [5, 5.41) is 3.16. The van der Waals surface area contributed by atoms with E-state index in [9.17, 15) is 4.79 Å². The fourth-order valence-electron chi connectivity index (χ4n) is 3.31. The number of aromatic nitrogens is 1. The van der Waals surface area contributed by atoms with Gasteiger partial charge in [0, 0.05) is 17.3 Å². The third-order valence-electron chi connectivity index (χ3n) is 4.16. The fraction of sp³-hybridized carbons (Fsp3) is 0.625. The fourth-order valence-corrected chi connectivity index (χ4v) is 3.31. The van der Waals surface area contributed by atoms with Gasteiger partial charge in [-0.3, -0.25) is 4.79 Å². The molecule has 1 fully saturated rings. The van der Waals surface area contributed by atoms with Crippen molar-refractivity contribution in [3.8, 4) is 0 Å². The third kappa shape index (κ3) is 4.17. The second kappa shape index (κ2) is 6.89. The van der Waals surface area contributed by atoms with Gasteiger partial charge < -0.3 is 10.7 Å². The van der Waals surface area contributed by atoms with Crippen molar-refractivity contribution in [2.45, 2.75) is 52.5 Å². The number of nitrogens with zero attached hydrogens (tertiary/aromatic N) is 1. The van der Waals surface area contributed by atoms with Crippen LogP contribution in [0.2, 0.25) is 0 Å². The molecule has 0 bridgehead atoms. The zero-order valence-corrected chi connectivity index (χ0v) is 13.1. The van der Waals surface area contributed by atoms with Crippen LogP contribution in [0.25, 0.3) is 0 Å². The van der Waals surface area contributed by atoms with Crippen LogP contribution in [0.1, 0.15) is 56.1 Å². The van der Waals surface area contributed by atoms with Crippen molar-refractivity contribution in [2.24, 2.45) is 17.7 Å². The Morgan fingerprint density at radius 3 is 2.52 bits per heavy atom. The lowest BCUT2D eigenvalue weighted by Crippen LogP contribution is -2.40. The molecule has 1 aliphatic rings. The molecule has 1 heterocycles. The second-order valence-corrected chi connectivity index (χ2v) is 6.32. The van der Waals surface area contributed by atoms with Crippen LogP contribution in [0.3, 0.4) is 0 Å². The van der Waals surface area contributed by atoms with Gasteiger partial charge in [0.15, 0.2) is 0 Å². The molecule has 0 spiro atoms. The van der Waals surface area contributed by atoms with Gasteiger partial charge in [-0.05, 0) is 49.7 Å². The first-order valence-electron chi connectivity index (χ1n) is 7.80. The molecular formula is C16H26N4O. The molecule has 21 heavy (non-hydrogen) atoms. The van der Waals surface area contributed by atoms with Gasteiger partial charge in [0.2, 0.25) is 0 Å². The molecule has 2 unspecified atom stereocenters. The molecule has 1 aromatic rings. The minimum atomic E-state index is -0.0325. The van der Waals surface area contributed by atoms with Crippen molar-refractivity contribution >= 4 is 11.7 Å². The van der Waals surface area contributed by atoms with Crippen LogP contribution < -0.4 is 16.6 Å². The summed E-state index contributed by atoms with van der Waals surface area (Å²) in [4.78, 5) is 16.8. The lowest BCUT2D eigenvalue weighted by atomic mass is 9.80. The van der Waals surface area contributed by atoms with Gasteiger partial charge in [-0.15, -0.1) is 0 Å². The third-order valence-corrected chi connectivity index (χ3v) is 4.16. The van der Waals surface area contributed by atoms with Gasteiger partial charge in [0.05, 0.1) is 0 Å². The van der Waals surface area contributed by atoms with Crippen molar-refractivity contribution < 1.29 is 4.79 Å². The Morgan fingerprint density at radius 2 is 1.95 bits per heavy atom. The SMILES string of the molecule is CCc1cc(C(=O)NC2CC(C)CC(C)C2)cc(NN)n1. The highest BCUT2D eigenvalue weighted by atomic mass is 16.1. The van der Waals surface area contributed by atoms with Crippen molar-refractivity contribution in [3.05, 3.63) is 23.4 Å². The molecular weight excluding hydrogens is 264 g/mol. The van der Waals surface area contributed by atoms with Gasteiger partial charge in [-0.25, -0.2) is 10.8 Å². The van der Waals surface area contributed by atoms with Crippen LogP contribution >= 0.6 is 0 Å².